The Morgan fingerprint density at radius 3 is 1.51 bits per heavy atom. The minimum atomic E-state index is -1.79. The van der Waals surface area contributed by atoms with Crippen molar-refractivity contribution >= 4 is 29.4 Å². The van der Waals surface area contributed by atoms with E-state index in [9.17, 15) is 40.7 Å². The van der Waals surface area contributed by atoms with Gasteiger partial charge >= 0.3 is 0 Å². The molecule has 0 aromatic carbocycles. The largest absolute Gasteiger partial charge is 0.392 e. The second kappa shape index (κ2) is 20.7. The van der Waals surface area contributed by atoms with Crippen molar-refractivity contribution < 1.29 is 36.2 Å². The molecule has 4 heterocycles. The van der Waals surface area contributed by atoms with E-state index in [4.69, 9.17) is 5.11 Å². The van der Waals surface area contributed by atoms with Crippen molar-refractivity contribution in [2.24, 2.45) is 7.05 Å². The van der Waals surface area contributed by atoms with Crippen LogP contribution in [-0.4, -0.2) is 51.6 Å². The Hall–Kier alpha value is -4.25. The van der Waals surface area contributed by atoms with E-state index in [0.29, 0.717) is 5.69 Å². The van der Waals surface area contributed by atoms with Gasteiger partial charge < -0.3 is 9.67 Å². The summed E-state index contributed by atoms with van der Waals surface area (Å²) in [5, 5.41) is 7.97. The first-order valence-electron chi connectivity index (χ1n) is 13.0. The van der Waals surface area contributed by atoms with Gasteiger partial charge in [-0.3, -0.25) is 23.2 Å². The molecule has 0 aliphatic carbocycles. The Balaban J connectivity index is 0.000000596. The summed E-state index contributed by atoms with van der Waals surface area (Å²) >= 11 is 3.62. The number of hydrogen-bond donors (Lipinski definition) is 2. The number of imidazole rings is 3. The molecule has 0 fully saturated rings. The van der Waals surface area contributed by atoms with Crippen molar-refractivity contribution in [3.05, 3.63) is 98.9 Å². The Labute approximate surface area is 259 Å². The smallest absolute Gasteiger partial charge is 0.282 e. The van der Waals surface area contributed by atoms with Gasteiger partial charge in [0, 0.05) is 36.6 Å². The predicted molar refractivity (Wildman–Crippen MR) is 161 cm³/mol. The van der Waals surface area contributed by atoms with Crippen LogP contribution in [0.1, 0.15) is 57.9 Å². The van der Waals surface area contributed by atoms with Crippen LogP contribution in [0, 0.1) is 0 Å². The van der Waals surface area contributed by atoms with Crippen molar-refractivity contribution in [1.82, 2.24) is 28.3 Å². The van der Waals surface area contributed by atoms with Crippen molar-refractivity contribution in [2.75, 3.05) is 12.4 Å². The zero-order valence-electron chi connectivity index (χ0n) is 25.4. The molecule has 0 radical (unpaired) electrons. The first kappa shape index (κ1) is 40.8. The molecule has 0 aliphatic heterocycles. The molecular formula is C28H34F6N6O4S. The van der Waals surface area contributed by atoms with E-state index in [1.54, 1.807) is 17.8 Å². The topological polar surface area (TPSA) is 124 Å². The predicted octanol–water partition coefficient (Wildman–Crippen LogP) is 5.96. The summed E-state index contributed by atoms with van der Waals surface area (Å²) < 4.78 is 73.0. The highest BCUT2D eigenvalue weighted by Gasteiger charge is 2.11. The number of rotatable bonds is 6. The van der Waals surface area contributed by atoms with Crippen molar-refractivity contribution in [1.29, 1.82) is 0 Å². The molecule has 0 bridgehead atoms. The maximum Gasteiger partial charge on any atom is 0.282 e. The van der Waals surface area contributed by atoms with Crippen LogP contribution in [0.15, 0.2) is 82.1 Å². The number of allylic oxidation sites excluding steroid dienone is 1. The second-order valence-electron chi connectivity index (χ2n) is 8.69. The fourth-order valence-electron chi connectivity index (χ4n) is 2.68. The summed E-state index contributed by atoms with van der Waals surface area (Å²) in [7, 11) is 1.75. The third-order valence-corrected chi connectivity index (χ3v) is 5.79. The molecule has 4 rings (SSSR count). The summed E-state index contributed by atoms with van der Waals surface area (Å²) in [4.78, 5) is 46.2. The maximum atomic E-state index is 12.0. The van der Waals surface area contributed by atoms with Gasteiger partial charge in [-0.05, 0) is 32.8 Å². The molecule has 0 aliphatic rings. The minimum Gasteiger partial charge on any atom is -0.392 e. The van der Waals surface area contributed by atoms with Gasteiger partial charge in [0.1, 0.15) is 29.4 Å². The molecule has 1 N–H and O–H groups in total. The molecule has 17 heteroatoms. The Bertz CT molecular complexity index is 1580. The molecule has 0 saturated heterocycles. The molecule has 10 nitrogen and oxygen atoms in total. The normalized spacial score (nSPS) is 9.73. The SMILES string of the molecule is CC.CC(CCC(=O)c1cn(C)cn1)=C(F)F.CC(CO)=C(F)F.CC(CS)=C(F)F.O=c1c2cncn2c(=O)c2cncn12. The van der Waals surface area contributed by atoms with Crippen LogP contribution in [-0.2, 0) is 7.05 Å². The van der Waals surface area contributed by atoms with Crippen molar-refractivity contribution in [3.8, 4) is 0 Å². The number of carbonyl (C=O) groups excluding carboxylic acids is 1. The van der Waals surface area contributed by atoms with Gasteiger partial charge in [0.25, 0.3) is 29.4 Å². The third-order valence-electron chi connectivity index (χ3n) is 5.31. The van der Waals surface area contributed by atoms with Crippen LogP contribution in [0.25, 0.3) is 11.0 Å². The number of hydrogen-bond acceptors (Lipinski definition) is 8. The lowest BCUT2D eigenvalue weighted by molar-refractivity contribution is 0.0978. The number of aliphatic hydroxyl groups excluding tert-OH is 1. The number of nitrogens with zero attached hydrogens (tertiary/aromatic N) is 6. The fourth-order valence-corrected chi connectivity index (χ4v) is 2.80. The number of fused-ring (bicyclic) bond motifs is 2. The van der Waals surface area contributed by atoms with Crippen LogP contribution in [0.4, 0.5) is 26.3 Å². The first-order valence-corrected chi connectivity index (χ1v) is 13.7. The molecule has 0 spiro atoms. The van der Waals surface area contributed by atoms with E-state index in [1.165, 1.54) is 60.9 Å². The van der Waals surface area contributed by atoms with Crippen LogP contribution in [0.3, 0.4) is 0 Å². The van der Waals surface area contributed by atoms with Gasteiger partial charge in [-0.2, -0.15) is 39.0 Å². The lowest BCUT2D eigenvalue weighted by Gasteiger charge is -1.97. The lowest BCUT2D eigenvalue weighted by Crippen LogP contribution is -2.24. The molecular weight excluding hydrogens is 630 g/mol. The minimum absolute atomic E-state index is 0.0423. The van der Waals surface area contributed by atoms with Gasteiger partial charge in [0.15, 0.2) is 5.78 Å². The van der Waals surface area contributed by atoms with Crippen LogP contribution in [0.2, 0.25) is 0 Å². The zero-order valence-corrected chi connectivity index (χ0v) is 26.3. The van der Waals surface area contributed by atoms with E-state index in [0.717, 1.165) is 0 Å². The van der Waals surface area contributed by atoms with Gasteiger partial charge in [-0.25, -0.2) is 15.0 Å². The lowest BCUT2D eigenvalue weighted by atomic mass is 10.1. The van der Waals surface area contributed by atoms with Crippen LogP contribution in [0.5, 0.6) is 0 Å². The monoisotopic (exact) mass is 664 g/mol. The van der Waals surface area contributed by atoms with Gasteiger partial charge in [-0.1, -0.05) is 13.8 Å². The molecule has 248 valence electrons. The molecule has 0 unspecified atom stereocenters. The Kier molecular flexibility index (Phi) is 18.7. The number of aromatic nitrogens is 6. The summed E-state index contributed by atoms with van der Waals surface area (Å²) in [6, 6.07) is 0. The quantitative estimate of drug-likeness (QED) is 0.148. The van der Waals surface area contributed by atoms with Crippen LogP contribution >= 0.6 is 12.6 Å². The number of halogens is 6. The molecule has 0 saturated carbocycles. The van der Waals surface area contributed by atoms with Gasteiger partial charge in [-0.15, -0.1) is 0 Å². The van der Waals surface area contributed by atoms with E-state index in [2.05, 4.69) is 27.6 Å². The van der Waals surface area contributed by atoms with Crippen molar-refractivity contribution in [2.45, 2.75) is 47.5 Å². The molecule has 0 atom stereocenters. The van der Waals surface area contributed by atoms with Crippen molar-refractivity contribution in [3.63, 3.8) is 0 Å². The summed E-state index contributed by atoms with van der Waals surface area (Å²) in [5.41, 5.74) is 0.0254. The van der Waals surface area contributed by atoms with E-state index >= 15 is 0 Å². The molecule has 45 heavy (non-hydrogen) atoms. The van der Waals surface area contributed by atoms with Gasteiger partial charge in [0.2, 0.25) is 0 Å². The summed E-state index contributed by atoms with van der Waals surface area (Å²) in [5.74, 6) is -0.0706. The highest BCUT2D eigenvalue weighted by molar-refractivity contribution is 7.80. The van der Waals surface area contributed by atoms with Gasteiger partial charge in [0.05, 0.1) is 25.3 Å². The highest BCUT2D eigenvalue weighted by Crippen LogP contribution is 2.14. The van der Waals surface area contributed by atoms with Crippen LogP contribution < -0.4 is 11.1 Å². The number of Topliss-reactive ketones (excluding diaryl/α,β-unsaturated/α-hetero) is 1. The highest BCUT2D eigenvalue weighted by atomic mass is 32.1. The zero-order chi connectivity index (χ0) is 34.9. The summed E-state index contributed by atoms with van der Waals surface area (Å²) in [6.45, 7) is 7.29. The Morgan fingerprint density at radius 2 is 1.22 bits per heavy atom. The van der Waals surface area contributed by atoms with E-state index < -0.39 is 24.8 Å². The molecule has 0 amide bonds. The maximum absolute atomic E-state index is 12.0. The summed E-state index contributed by atoms with van der Waals surface area (Å²) in [6.07, 6.45) is 3.50. The molecule has 4 aromatic heterocycles. The third kappa shape index (κ3) is 13.1. The standard InChI is InChI=1S/C10H12F2N2O.C8H4N4O2.C4H6F2O.C4H6F2S.C2H6/c1-7(10(11)12)3-4-9(15)8-5-14(2)6-13-8;13-7-5-1-9-3-11(5)8(14)6-2-10-4-12(6)7;2*1-3(2-7)4(5)6;1-2/h5-6H,3-4H2,1-2H3;1-4H;2*7H,2H2,1H3;1-2H3. The fraction of sp³-hybridized carbons (Fsp3) is 0.357. The number of ketones is 1. The average Bonchev–Trinajstić information content (AvgIpc) is 3.81. The Morgan fingerprint density at radius 1 is 0.778 bits per heavy atom. The number of carbonyl (C=O) groups is 1. The molecule has 4 aromatic rings. The number of aryl methyl sites for hydroxylation is 1. The second-order valence-corrected chi connectivity index (χ2v) is 9.01. The first-order chi connectivity index (χ1) is 21.2. The van der Waals surface area contributed by atoms with E-state index in [-0.39, 0.29) is 63.2 Å². The number of aliphatic hydroxyl groups is 1. The average molecular weight is 665 g/mol. The number of thiol groups is 1. The van der Waals surface area contributed by atoms with E-state index in [1.807, 2.05) is 13.8 Å².